The number of ether oxygens (including phenoxy) is 3. The Labute approximate surface area is 201 Å². The first-order chi connectivity index (χ1) is 16.4. The van der Waals surface area contributed by atoms with Gasteiger partial charge in [-0.1, -0.05) is 42.5 Å². The monoisotopic (exact) mass is 499 g/mol. The van der Waals surface area contributed by atoms with E-state index in [4.69, 9.17) is 9.47 Å². The highest BCUT2D eigenvalue weighted by atomic mass is 19.4. The van der Waals surface area contributed by atoms with Crippen LogP contribution in [0, 0.1) is 0 Å². The Morgan fingerprint density at radius 1 is 0.914 bits per heavy atom. The Morgan fingerprint density at radius 2 is 1.54 bits per heavy atom. The van der Waals surface area contributed by atoms with Crippen molar-refractivity contribution < 1.29 is 41.4 Å². The molecule has 0 fully saturated rings. The number of benzene rings is 2. The van der Waals surface area contributed by atoms with E-state index in [2.05, 4.69) is 10.1 Å². The normalized spacial score (nSPS) is 13.6. The fraction of sp³-hybridized carbons (Fsp3) is 0.440. The van der Waals surface area contributed by atoms with E-state index in [0.717, 1.165) is 17.7 Å². The van der Waals surface area contributed by atoms with Gasteiger partial charge in [-0.2, -0.15) is 0 Å². The summed E-state index contributed by atoms with van der Waals surface area (Å²) in [5.74, 6) is -1.97. The molecule has 0 aromatic heterocycles. The van der Waals surface area contributed by atoms with Crippen LogP contribution in [0.2, 0.25) is 0 Å². The molecule has 0 bridgehead atoms. The summed E-state index contributed by atoms with van der Waals surface area (Å²) in [5, 5.41) is 2.69. The van der Waals surface area contributed by atoms with Crippen molar-refractivity contribution in [3.05, 3.63) is 65.7 Å². The molecule has 0 saturated carbocycles. The molecule has 35 heavy (non-hydrogen) atoms. The quantitative estimate of drug-likeness (QED) is 0.331. The average molecular weight is 500 g/mol. The van der Waals surface area contributed by atoms with E-state index in [1.807, 2.05) is 6.07 Å². The van der Waals surface area contributed by atoms with Gasteiger partial charge in [0.25, 0.3) is 0 Å². The molecule has 10 heteroatoms. The van der Waals surface area contributed by atoms with Crippen molar-refractivity contribution in [2.75, 3.05) is 7.05 Å². The lowest BCUT2D eigenvalue weighted by atomic mass is 10.0. The number of carbonyl (C=O) groups is 2. The number of halogens is 4. The largest absolute Gasteiger partial charge is 0.573 e. The Hall–Kier alpha value is -3.14. The smallest absolute Gasteiger partial charge is 0.458 e. The van der Waals surface area contributed by atoms with E-state index in [1.165, 1.54) is 33.0 Å². The number of rotatable bonds is 12. The SMILES string of the molecule is CN[C@H](CC(C)(C)F)C(=O)O[C@H](CCc1ccc(OC(F)(F)F)cc1)C(=O)OCc1ccccc1. The molecule has 2 atom stereocenters. The molecular weight excluding hydrogens is 470 g/mol. The molecule has 0 heterocycles. The van der Waals surface area contributed by atoms with E-state index in [0.29, 0.717) is 5.56 Å². The fourth-order valence-corrected chi connectivity index (χ4v) is 3.21. The predicted molar refractivity (Wildman–Crippen MR) is 120 cm³/mol. The van der Waals surface area contributed by atoms with Crippen LogP contribution in [-0.2, 0) is 32.1 Å². The lowest BCUT2D eigenvalue weighted by molar-refractivity contribution is -0.274. The summed E-state index contributed by atoms with van der Waals surface area (Å²) in [6.45, 7) is 2.61. The van der Waals surface area contributed by atoms with Gasteiger partial charge in [0, 0.05) is 6.42 Å². The fourth-order valence-electron chi connectivity index (χ4n) is 3.21. The third kappa shape index (κ3) is 10.8. The summed E-state index contributed by atoms with van der Waals surface area (Å²) in [7, 11) is 1.48. The zero-order valence-electron chi connectivity index (χ0n) is 19.7. The third-order valence-corrected chi connectivity index (χ3v) is 4.92. The summed E-state index contributed by atoms with van der Waals surface area (Å²) >= 11 is 0. The van der Waals surface area contributed by atoms with Gasteiger partial charge in [0.1, 0.15) is 24.1 Å². The molecule has 0 spiro atoms. The molecule has 0 unspecified atom stereocenters. The van der Waals surface area contributed by atoms with E-state index in [-0.39, 0.29) is 31.6 Å². The lowest BCUT2D eigenvalue weighted by Gasteiger charge is -2.24. The molecule has 0 amide bonds. The molecule has 2 rings (SSSR count). The average Bonchev–Trinajstić information content (AvgIpc) is 2.78. The number of hydrogen-bond acceptors (Lipinski definition) is 6. The van der Waals surface area contributed by atoms with Crippen LogP contribution in [0.4, 0.5) is 17.6 Å². The number of hydrogen-bond donors (Lipinski definition) is 1. The van der Waals surface area contributed by atoms with Crippen LogP contribution >= 0.6 is 0 Å². The van der Waals surface area contributed by atoms with Gasteiger partial charge in [-0.05, 0) is 57.0 Å². The molecule has 192 valence electrons. The molecule has 6 nitrogen and oxygen atoms in total. The van der Waals surface area contributed by atoms with Crippen LogP contribution in [0.15, 0.2) is 54.6 Å². The summed E-state index contributed by atoms with van der Waals surface area (Å²) in [4.78, 5) is 25.4. The molecule has 0 aliphatic carbocycles. The second-order valence-electron chi connectivity index (χ2n) is 8.51. The van der Waals surface area contributed by atoms with Gasteiger partial charge in [-0.25, -0.2) is 9.18 Å². The minimum Gasteiger partial charge on any atom is -0.458 e. The predicted octanol–water partition coefficient (Wildman–Crippen LogP) is 4.90. The first-order valence-corrected chi connectivity index (χ1v) is 11.0. The standard InChI is InChI=1S/C25H29F4NO5/c1-24(2,26)15-20(30-3)22(31)34-21(23(32)33-16-18-7-5-4-6-8-18)14-11-17-9-12-19(13-10-17)35-25(27,28)29/h4-10,12-13,20-21,30H,11,14-16H2,1-3H3/t20-,21-/m1/s1. The van der Waals surface area contributed by atoms with Crippen molar-refractivity contribution in [2.45, 2.75) is 63.9 Å². The number of esters is 2. The zero-order valence-corrected chi connectivity index (χ0v) is 19.7. The van der Waals surface area contributed by atoms with E-state index in [9.17, 15) is 27.2 Å². The summed E-state index contributed by atoms with van der Waals surface area (Å²) in [6, 6.07) is 13.0. The van der Waals surface area contributed by atoms with Crippen molar-refractivity contribution in [1.29, 1.82) is 0 Å². The number of nitrogens with one attached hydrogen (secondary N) is 1. The van der Waals surface area contributed by atoms with Crippen molar-refractivity contribution in [2.24, 2.45) is 0 Å². The molecule has 0 saturated heterocycles. The number of likely N-dealkylation sites (N-methyl/N-ethyl adjacent to an activating group) is 1. The van der Waals surface area contributed by atoms with Crippen LogP contribution in [0.1, 0.15) is 37.8 Å². The lowest BCUT2D eigenvalue weighted by Crippen LogP contribution is -2.43. The highest BCUT2D eigenvalue weighted by Crippen LogP contribution is 2.24. The maximum Gasteiger partial charge on any atom is 0.573 e. The summed E-state index contributed by atoms with van der Waals surface area (Å²) in [5.41, 5.74) is -0.332. The van der Waals surface area contributed by atoms with Gasteiger partial charge < -0.3 is 19.5 Å². The van der Waals surface area contributed by atoms with Crippen molar-refractivity contribution in [1.82, 2.24) is 5.32 Å². The zero-order chi connectivity index (χ0) is 26.1. The Morgan fingerprint density at radius 3 is 2.09 bits per heavy atom. The van der Waals surface area contributed by atoms with Crippen LogP contribution in [0.5, 0.6) is 5.75 Å². The maximum atomic E-state index is 14.1. The van der Waals surface area contributed by atoms with Gasteiger partial charge in [0.2, 0.25) is 0 Å². The van der Waals surface area contributed by atoms with E-state index >= 15 is 0 Å². The van der Waals surface area contributed by atoms with Gasteiger partial charge in [0.05, 0.1) is 0 Å². The molecule has 0 aliphatic heterocycles. The molecule has 0 radical (unpaired) electrons. The third-order valence-electron chi connectivity index (χ3n) is 4.92. The van der Waals surface area contributed by atoms with Crippen LogP contribution in [0.25, 0.3) is 0 Å². The van der Waals surface area contributed by atoms with Gasteiger partial charge in [0.15, 0.2) is 6.10 Å². The summed E-state index contributed by atoms with van der Waals surface area (Å²) < 4.78 is 65.7. The number of aryl methyl sites for hydroxylation is 1. The minimum atomic E-state index is -4.80. The van der Waals surface area contributed by atoms with Crippen LogP contribution < -0.4 is 10.1 Å². The van der Waals surface area contributed by atoms with Crippen molar-refractivity contribution >= 4 is 11.9 Å². The van der Waals surface area contributed by atoms with Crippen LogP contribution in [0.3, 0.4) is 0 Å². The molecule has 2 aromatic carbocycles. The topological polar surface area (TPSA) is 73.9 Å². The highest BCUT2D eigenvalue weighted by molar-refractivity contribution is 5.82. The van der Waals surface area contributed by atoms with Gasteiger partial charge >= 0.3 is 18.3 Å². The van der Waals surface area contributed by atoms with Gasteiger partial charge in [-0.3, -0.25) is 4.79 Å². The first kappa shape index (κ1) is 28.1. The second-order valence-corrected chi connectivity index (χ2v) is 8.51. The van der Waals surface area contributed by atoms with Crippen LogP contribution in [-0.4, -0.2) is 43.2 Å². The first-order valence-electron chi connectivity index (χ1n) is 11.0. The summed E-state index contributed by atoms with van der Waals surface area (Å²) in [6.07, 6.45) is -6.07. The van der Waals surface area contributed by atoms with E-state index < -0.39 is 36.1 Å². The Bertz CT molecular complexity index is 943. The van der Waals surface area contributed by atoms with E-state index in [1.54, 1.807) is 24.3 Å². The maximum absolute atomic E-state index is 14.1. The highest BCUT2D eigenvalue weighted by Gasteiger charge is 2.33. The molecule has 0 aliphatic rings. The number of carbonyl (C=O) groups excluding carboxylic acids is 2. The second kappa shape index (κ2) is 12.5. The minimum absolute atomic E-state index is 0.00822. The van der Waals surface area contributed by atoms with Crippen molar-refractivity contribution in [3.63, 3.8) is 0 Å². The number of alkyl halides is 4. The Kier molecular flexibility index (Phi) is 10.1. The molecule has 1 N–H and O–H groups in total. The molecule has 2 aromatic rings. The molecular formula is C25H29F4NO5. The van der Waals surface area contributed by atoms with Gasteiger partial charge in [-0.15, -0.1) is 13.2 Å². The van der Waals surface area contributed by atoms with Crippen molar-refractivity contribution in [3.8, 4) is 5.75 Å². The Balaban J connectivity index is 2.08.